The molecule has 0 fully saturated rings. The first-order valence-electron chi connectivity index (χ1n) is 5.52. The third kappa shape index (κ3) is 5.98. The van der Waals surface area contributed by atoms with Gasteiger partial charge in [-0.25, -0.2) is 4.39 Å². The molecule has 0 saturated carbocycles. The summed E-state index contributed by atoms with van der Waals surface area (Å²) in [6, 6.07) is 4.06. The quantitative estimate of drug-likeness (QED) is 0.497. The zero-order valence-electron chi connectivity index (χ0n) is 9.97. The highest BCUT2D eigenvalue weighted by Gasteiger charge is 2.25. The fraction of sp³-hybridized carbons (Fsp3) is 0.417. The molecule has 0 aliphatic carbocycles. The van der Waals surface area contributed by atoms with Gasteiger partial charge in [-0.15, -0.1) is 0 Å². The van der Waals surface area contributed by atoms with Gasteiger partial charge >= 0.3 is 6.18 Å². The van der Waals surface area contributed by atoms with Crippen molar-refractivity contribution in [1.82, 2.24) is 0 Å². The number of alkyl halides is 3. The summed E-state index contributed by atoms with van der Waals surface area (Å²) in [6.45, 7) is -0.198. The van der Waals surface area contributed by atoms with Gasteiger partial charge in [0.05, 0.1) is 6.61 Å². The van der Waals surface area contributed by atoms with Crippen LogP contribution in [0.15, 0.2) is 18.2 Å². The number of benzene rings is 1. The number of hydrogen-bond donors (Lipinski definition) is 1. The Morgan fingerprint density at radius 2 is 2.00 bits per heavy atom. The van der Waals surface area contributed by atoms with Crippen molar-refractivity contribution in [3.63, 3.8) is 0 Å². The van der Waals surface area contributed by atoms with E-state index in [0.29, 0.717) is 5.56 Å². The van der Waals surface area contributed by atoms with E-state index < -0.39 is 18.4 Å². The number of thiocarbonyl (C=S) groups is 1. The summed E-state index contributed by atoms with van der Waals surface area (Å²) < 4.78 is 54.0. The Kier molecular flexibility index (Phi) is 5.68. The Balaban J connectivity index is 2.45. The van der Waals surface area contributed by atoms with Crippen molar-refractivity contribution in [2.24, 2.45) is 5.73 Å². The lowest BCUT2D eigenvalue weighted by Gasteiger charge is -2.08. The predicted molar refractivity (Wildman–Crippen MR) is 67.2 cm³/mol. The number of halogens is 4. The van der Waals surface area contributed by atoms with Gasteiger partial charge < -0.3 is 10.5 Å². The highest BCUT2D eigenvalue weighted by molar-refractivity contribution is 7.80. The van der Waals surface area contributed by atoms with Gasteiger partial charge in [-0.3, -0.25) is 0 Å². The fourth-order valence-electron chi connectivity index (χ4n) is 1.40. The Morgan fingerprint density at radius 3 is 2.58 bits per heavy atom. The molecule has 0 aliphatic rings. The lowest BCUT2D eigenvalue weighted by Crippen LogP contribution is -2.11. The van der Waals surface area contributed by atoms with Gasteiger partial charge in [-0.1, -0.05) is 12.2 Å². The highest BCUT2D eigenvalue weighted by Crippen LogP contribution is 2.21. The molecular formula is C12H13F4NOS. The molecule has 1 aromatic rings. The van der Waals surface area contributed by atoms with Crippen LogP contribution in [0.5, 0.6) is 0 Å². The first-order valence-corrected chi connectivity index (χ1v) is 5.93. The third-order valence-electron chi connectivity index (χ3n) is 2.34. The van der Waals surface area contributed by atoms with E-state index in [1.165, 1.54) is 18.2 Å². The maximum atomic E-state index is 13.4. The molecule has 0 atom stereocenters. The number of ether oxygens (including phenoxy) is 1. The standard InChI is InChI=1S/C12H13F4NOS/c13-10-3-2-8(11(17)19)6-9(10)7-18-5-1-4-12(14,15)16/h2-3,6H,1,4-5,7H2,(H2,17,19). The lowest BCUT2D eigenvalue weighted by atomic mass is 10.1. The fourth-order valence-corrected chi connectivity index (χ4v) is 1.52. The second kappa shape index (κ2) is 6.81. The van der Waals surface area contributed by atoms with Crippen LogP contribution in [-0.4, -0.2) is 17.8 Å². The van der Waals surface area contributed by atoms with Crippen molar-refractivity contribution in [2.45, 2.75) is 25.6 Å². The maximum absolute atomic E-state index is 13.4. The van der Waals surface area contributed by atoms with Gasteiger partial charge in [0.2, 0.25) is 0 Å². The molecule has 0 spiro atoms. The Labute approximate surface area is 113 Å². The minimum atomic E-state index is -4.19. The molecule has 2 nitrogen and oxygen atoms in total. The van der Waals surface area contributed by atoms with Gasteiger partial charge in [-0.2, -0.15) is 13.2 Å². The van der Waals surface area contributed by atoms with Crippen LogP contribution in [0.4, 0.5) is 17.6 Å². The largest absolute Gasteiger partial charge is 0.389 e. The van der Waals surface area contributed by atoms with Gasteiger partial charge in [0.25, 0.3) is 0 Å². The molecule has 0 saturated heterocycles. The molecule has 19 heavy (non-hydrogen) atoms. The predicted octanol–water partition coefficient (Wildman–Crippen LogP) is 3.32. The van der Waals surface area contributed by atoms with Crippen LogP contribution in [0.3, 0.4) is 0 Å². The molecule has 2 N–H and O–H groups in total. The molecule has 7 heteroatoms. The minimum absolute atomic E-state index is 0.0871. The van der Waals surface area contributed by atoms with Crippen LogP contribution in [0.25, 0.3) is 0 Å². The average molecular weight is 295 g/mol. The Hall–Kier alpha value is -1.21. The number of hydrogen-bond acceptors (Lipinski definition) is 2. The van der Waals surface area contributed by atoms with Crippen LogP contribution >= 0.6 is 12.2 Å². The van der Waals surface area contributed by atoms with Crippen molar-refractivity contribution < 1.29 is 22.3 Å². The molecule has 1 rings (SSSR count). The van der Waals surface area contributed by atoms with E-state index in [9.17, 15) is 17.6 Å². The molecule has 0 aromatic heterocycles. The van der Waals surface area contributed by atoms with Crippen molar-refractivity contribution >= 4 is 17.2 Å². The SMILES string of the molecule is NC(=S)c1ccc(F)c(COCCCC(F)(F)F)c1. The molecule has 106 valence electrons. The molecule has 0 unspecified atom stereocenters. The summed E-state index contributed by atoms with van der Waals surface area (Å²) in [7, 11) is 0. The van der Waals surface area contributed by atoms with Crippen LogP contribution in [-0.2, 0) is 11.3 Å². The van der Waals surface area contributed by atoms with E-state index in [1.54, 1.807) is 0 Å². The van der Waals surface area contributed by atoms with E-state index in [2.05, 4.69) is 0 Å². The molecule has 0 amide bonds. The highest BCUT2D eigenvalue weighted by atomic mass is 32.1. The van der Waals surface area contributed by atoms with Crippen LogP contribution in [0, 0.1) is 5.82 Å². The molecule has 0 aliphatic heterocycles. The van der Waals surface area contributed by atoms with Crippen molar-refractivity contribution in [3.05, 3.63) is 35.1 Å². The summed E-state index contributed by atoms with van der Waals surface area (Å²) in [5.41, 5.74) is 6.11. The van der Waals surface area contributed by atoms with Crippen molar-refractivity contribution in [2.75, 3.05) is 6.61 Å². The normalized spacial score (nSPS) is 11.6. The molecule has 1 aromatic carbocycles. The minimum Gasteiger partial charge on any atom is -0.389 e. The number of nitrogens with two attached hydrogens (primary N) is 1. The van der Waals surface area contributed by atoms with Gasteiger partial charge in [0.15, 0.2) is 0 Å². The Morgan fingerprint density at radius 1 is 1.32 bits per heavy atom. The summed E-state index contributed by atoms with van der Waals surface area (Å²) in [6.07, 6.45) is -5.26. The molecule has 0 radical (unpaired) electrons. The van der Waals surface area contributed by atoms with Crippen LogP contribution in [0.2, 0.25) is 0 Å². The van der Waals surface area contributed by atoms with Gasteiger partial charge in [0.1, 0.15) is 10.8 Å². The summed E-state index contributed by atoms with van der Waals surface area (Å²) in [4.78, 5) is 0.123. The second-order valence-corrected chi connectivity index (χ2v) is 4.38. The second-order valence-electron chi connectivity index (χ2n) is 3.94. The first kappa shape index (κ1) is 15.8. The summed E-state index contributed by atoms with van der Waals surface area (Å²) in [5.74, 6) is -0.504. The van der Waals surface area contributed by atoms with Gasteiger partial charge in [0, 0.05) is 24.2 Å². The van der Waals surface area contributed by atoms with Gasteiger partial charge in [-0.05, 0) is 24.6 Å². The summed E-state index contributed by atoms with van der Waals surface area (Å²) in [5, 5.41) is 0. The van der Waals surface area contributed by atoms with Crippen molar-refractivity contribution in [1.29, 1.82) is 0 Å². The average Bonchev–Trinajstić information content (AvgIpc) is 2.29. The van der Waals surface area contributed by atoms with E-state index >= 15 is 0 Å². The monoisotopic (exact) mass is 295 g/mol. The topological polar surface area (TPSA) is 35.2 Å². The summed E-state index contributed by atoms with van der Waals surface area (Å²) >= 11 is 4.75. The van der Waals surface area contributed by atoms with E-state index in [1.807, 2.05) is 0 Å². The van der Waals surface area contributed by atoms with E-state index in [0.717, 1.165) is 0 Å². The van der Waals surface area contributed by atoms with Crippen LogP contribution in [0.1, 0.15) is 24.0 Å². The third-order valence-corrected chi connectivity index (χ3v) is 2.57. The lowest BCUT2D eigenvalue weighted by molar-refractivity contribution is -0.138. The first-order chi connectivity index (χ1) is 8.79. The van der Waals surface area contributed by atoms with E-state index in [-0.39, 0.29) is 30.2 Å². The molecule has 0 bridgehead atoms. The molecule has 0 heterocycles. The zero-order chi connectivity index (χ0) is 14.5. The zero-order valence-corrected chi connectivity index (χ0v) is 10.8. The smallest absolute Gasteiger partial charge is 0.389 e. The Bertz CT molecular complexity index is 448. The van der Waals surface area contributed by atoms with E-state index in [4.69, 9.17) is 22.7 Å². The molecular weight excluding hydrogens is 282 g/mol. The van der Waals surface area contributed by atoms with Crippen LogP contribution < -0.4 is 5.73 Å². The van der Waals surface area contributed by atoms with Crippen molar-refractivity contribution in [3.8, 4) is 0 Å². The maximum Gasteiger partial charge on any atom is 0.389 e. The number of rotatable bonds is 6.